The summed E-state index contributed by atoms with van der Waals surface area (Å²) in [4.78, 5) is 12.0. The van der Waals surface area contributed by atoms with E-state index in [1.807, 2.05) is 0 Å². The van der Waals surface area contributed by atoms with Gasteiger partial charge in [0.1, 0.15) is 5.75 Å². The lowest BCUT2D eigenvalue weighted by molar-refractivity contribution is 0.0695. The van der Waals surface area contributed by atoms with E-state index in [4.69, 9.17) is 0 Å². The Labute approximate surface area is 175 Å². The van der Waals surface area contributed by atoms with Crippen molar-refractivity contribution < 1.29 is 15.0 Å². The molecule has 0 heterocycles. The molecule has 0 spiro atoms. The molecule has 0 aliphatic rings. The highest BCUT2D eigenvalue weighted by Crippen LogP contribution is 2.44. The number of benzene rings is 2. The van der Waals surface area contributed by atoms with Gasteiger partial charge in [-0.3, -0.25) is 0 Å². The molecule has 0 amide bonds. The van der Waals surface area contributed by atoms with Crippen molar-refractivity contribution >= 4 is 5.97 Å². The summed E-state index contributed by atoms with van der Waals surface area (Å²) in [6, 6.07) is 7.47. The zero-order chi connectivity index (χ0) is 22.1. The maximum atomic E-state index is 12.0. The molecule has 0 saturated heterocycles. The zero-order valence-electron chi connectivity index (χ0n) is 19.2. The second-order valence-electron chi connectivity index (χ2n) is 10.1. The van der Waals surface area contributed by atoms with Crippen LogP contribution in [0.3, 0.4) is 0 Å². The summed E-state index contributed by atoms with van der Waals surface area (Å²) in [5.74, 6) is -0.795. The van der Waals surface area contributed by atoms with Crippen LogP contribution in [0.15, 0.2) is 24.3 Å². The second-order valence-corrected chi connectivity index (χ2v) is 10.1. The molecule has 0 aromatic heterocycles. The molecule has 0 aliphatic carbocycles. The first-order valence-electron chi connectivity index (χ1n) is 10.5. The van der Waals surface area contributed by atoms with Gasteiger partial charge in [0.15, 0.2) is 0 Å². The van der Waals surface area contributed by atoms with Gasteiger partial charge in [0.05, 0.1) is 5.56 Å². The normalized spacial score (nSPS) is 12.3. The van der Waals surface area contributed by atoms with Gasteiger partial charge in [0.25, 0.3) is 0 Å². The second kappa shape index (κ2) is 8.22. The van der Waals surface area contributed by atoms with Crippen LogP contribution in [0.5, 0.6) is 5.75 Å². The number of carbonyl (C=O) groups is 1. The first-order chi connectivity index (χ1) is 13.3. The Morgan fingerprint density at radius 2 is 1.59 bits per heavy atom. The van der Waals surface area contributed by atoms with Gasteiger partial charge in [-0.25, -0.2) is 4.79 Å². The number of hydrogen-bond donors (Lipinski definition) is 2. The highest BCUT2D eigenvalue weighted by molar-refractivity contribution is 5.94. The topological polar surface area (TPSA) is 57.5 Å². The number of unbranched alkanes of at least 4 members (excludes halogenated alkanes) is 1. The number of phenols is 1. The van der Waals surface area contributed by atoms with Crippen LogP contribution < -0.4 is 0 Å². The number of rotatable bonds is 5. The van der Waals surface area contributed by atoms with Crippen molar-refractivity contribution in [1.82, 2.24) is 0 Å². The van der Waals surface area contributed by atoms with Crippen LogP contribution in [-0.2, 0) is 17.3 Å². The first-order valence-corrected chi connectivity index (χ1v) is 10.5. The molecule has 0 saturated carbocycles. The van der Waals surface area contributed by atoms with Gasteiger partial charge >= 0.3 is 5.97 Å². The maximum Gasteiger partial charge on any atom is 0.335 e. The quantitative estimate of drug-likeness (QED) is 0.572. The minimum absolute atomic E-state index is 0.000706. The number of carboxylic acid groups (broad SMARTS) is 1. The van der Waals surface area contributed by atoms with Crippen molar-refractivity contribution in [3.8, 4) is 16.9 Å². The monoisotopic (exact) mass is 396 g/mol. The Balaban J connectivity index is 2.97. The average molecular weight is 397 g/mol. The van der Waals surface area contributed by atoms with Gasteiger partial charge in [0, 0.05) is 5.56 Å². The molecular formula is C26H36O3. The zero-order valence-corrected chi connectivity index (χ0v) is 19.2. The molecule has 0 fully saturated rings. The fraction of sp³-hybridized carbons (Fsp3) is 0.500. The summed E-state index contributed by atoms with van der Waals surface area (Å²) in [5, 5.41) is 20.7. The molecule has 0 aliphatic heterocycles. The van der Waals surface area contributed by atoms with Crippen molar-refractivity contribution in [2.45, 2.75) is 85.5 Å². The van der Waals surface area contributed by atoms with E-state index in [-0.39, 0.29) is 22.1 Å². The smallest absolute Gasteiger partial charge is 0.335 e. The number of aryl methyl sites for hydroxylation is 1. The first kappa shape index (κ1) is 23.0. The predicted molar refractivity (Wildman–Crippen MR) is 121 cm³/mol. The van der Waals surface area contributed by atoms with Gasteiger partial charge in [-0.05, 0) is 70.5 Å². The molecule has 2 aromatic carbocycles. The standard InChI is InChI=1S/C26H36O3/c1-9-10-11-18-19(24(28)29)12-13-21(27)23(18)22-16(2)14-17(25(3,4)5)15-20(22)26(6,7)8/h12-15,27H,9-11H2,1-8H3,(H,28,29). The Hall–Kier alpha value is -2.29. The molecule has 0 atom stereocenters. The molecule has 0 unspecified atom stereocenters. The number of carboxylic acids is 1. The van der Waals surface area contributed by atoms with Gasteiger partial charge in [-0.15, -0.1) is 0 Å². The summed E-state index contributed by atoms with van der Waals surface area (Å²) in [6.45, 7) is 17.3. The van der Waals surface area contributed by atoms with Crippen molar-refractivity contribution in [2.75, 3.05) is 0 Å². The Morgan fingerprint density at radius 1 is 0.966 bits per heavy atom. The number of aromatic carboxylic acids is 1. The van der Waals surface area contributed by atoms with E-state index in [9.17, 15) is 15.0 Å². The lowest BCUT2D eigenvalue weighted by Crippen LogP contribution is -2.19. The van der Waals surface area contributed by atoms with E-state index in [1.54, 1.807) is 0 Å². The summed E-state index contributed by atoms with van der Waals surface area (Å²) >= 11 is 0. The molecule has 0 bridgehead atoms. The molecule has 29 heavy (non-hydrogen) atoms. The third kappa shape index (κ3) is 4.83. The summed E-state index contributed by atoms with van der Waals surface area (Å²) < 4.78 is 0. The van der Waals surface area contributed by atoms with E-state index in [0.717, 1.165) is 35.1 Å². The van der Waals surface area contributed by atoms with Crippen molar-refractivity contribution in [2.24, 2.45) is 0 Å². The van der Waals surface area contributed by atoms with Gasteiger partial charge in [0.2, 0.25) is 0 Å². The van der Waals surface area contributed by atoms with Crippen LogP contribution in [0, 0.1) is 6.92 Å². The van der Waals surface area contributed by atoms with E-state index in [1.165, 1.54) is 17.7 Å². The lowest BCUT2D eigenvalue weighted by Gasteiger charge is -2.30. The minimum Gasteiger partial charge on any atom is -0.507 e. The van der Waals surface area contributed by atoms with Gasteiger partial charge in [-0.1, -0.05) is 67.0 Å². The van der Waals surface area contributed by atoms with Crippen molar-refractivity contribution in [1.29, 1.82) is 0 Å². The van der Waals surface area contributed by atoms with E-state index >= 15 is 0 Å². The molecule has 2 aromatic rings. The van der Waals surface area contributed by atoms with Crippen LogP contribution in [0.25, 0.3) is 11.1 Å². The van der Waals surface area contributed by atoms with Crippen molar-refractivity contribution in [3.05, 3.63) is 52.1 Å². The van der Waals surface area contributed by atoms with E-state index in [0.29, 0.717) is 12.0 Å². The Bertz CT molecular complexity index is 909. The molecule has 2 N–H and O–H groups in total. The SMILES string of the molecule is CCCCc1c(C(=O)O)ccc(O)c1-c1c(C)cc(C(C)(C)C)cc1C(C)(C)C. The molecular weight excluding hydrogens is 360 g/mol. The fourth-order valence-electron chi connectivity index (χ4n) is 3.87. The van der Waals surface area contributed by atoms with Gasteiger partial charge < -0.3 is 10.2 Å². The van der Waals surface area contributed by atoms with Crippen LogP contribution in [-0.4, -0.2) is 16.2 Å². The summed E-state index contributed by atoms with van der Waals surface area (Å²) in [7, 11) is 0. The highest BCUT2D eigenvalue weighted by atomic mass is 16.4. The van der Waals surface area contributed by atoms with Crippen LogP contribution in [0.4, 0.5) is 0 Å². The Kier molecular flexibility index (Phi) is 6.51. The lowest BCUT2D eigenvalue weighted by atomic mass is 9.74. The highest BCUT2D eigenvalue weighted by Gasteiger charge is 2.28. The number of aromatic hydroxyl groups is 1. The molecule has 0 radical (unpaired) electrons. The molecule has 3 nitrogen and oxygen atoms in total. The van der Waals surface area contributed by atoms with E-state index in [2.05, 4.69) is 67.5 Å². The molecule has 158 valence electrons. The summed E-state index contributed by atoms with van der Waals surface area (Å²) in [5.41, 5.74) is 5.96. The molecule has 3 heteroatoms. The van der Waals surface area contributed by atoms with Crippen LogP contribution in [0.1, 0.15) is 93.9 Å². The third-order valence-corrected chi connectivity index (χ3v) is 5.56. The number of hydrogen-bond acceptors (Lipinski definition) is 2. The largest absolute Gasteiger partial charge is 0.507 e. The van der Waals surface area contributed by atoms with E-state index < -0.39 is 5.97 Å². The van der Waals surface area contributed by atoms with Crippen LogP contribution in [0.2, 0.25) is 0 Å². The fourth-order valence-corrected chi connectivity index (χ4v) is 3.87. The maximum absolute atomic E-state index is 12.0. The Morgan fingerprint density at radius 3 is 2.07 bits per heavy atom. The average Bonchev–Trinajstić information content (AvgIpc) is 2.58. The molecule has 2 rings (SSSR count). The minimum atomic E-state index is -0.946. The summed E-state index contributed by atoms with van der Waals surface area (Å²) in [6.07, 6.45) is 2.47. The number of phenolic OH excluding ortho intramolecular Hbond substituents is 1. The third-order valence-electron chi connectivity index (χ3n) is 5.56. The predicted octanol–water partition coefficient (Wildman–Crippen LogP) is 7.00. The van der Waals surface area contributed by atoms with Crippen molar-refractivity contribution in [3.63, 3.8) is 0 Å². The van der Waals surface area contributed by atoms with Gasteiger partial charge in [-0.2, -0.15) is 0 Å². The van der Waals surface area contributed by atoms with Crippen LogP contribution >= 0.6 is 0 Å².